The van der Waals surface area contributed by atoms with Gasteiger partial charge in [-0.15, -0.1) is 0 Å². The van der Waals surface area contributed by atoms with Gasteiger partial charge in [0.1, 0.15) is 0 Å². The number of aryl methyl sites for hydroxylation is 1. The maximum absolute atomic E-state index is 4.51. The highest BCUT2D eigenvalue weighted by Gasteiger charge is 2.13. The van der Waals surface area contributed by atoms with E-state index in [1.54, 1.807) is 23.1 Å². The van der Waals surface area contributed by atoms with Gasteiger partial charge in [-0.2, -0.15) is 5.10 Å². The minimum atomic E-state index is 0.458. The summed E-state index contributed by atoms with van der Waals surface area (Å²) in [6.07, 6.45) is 3.45. The molecule has 0 saturated carbocycles. The Morgan fingerprint density at radius 1 is 1.22 bits per heavy atom. The van der Waals surface area contributed by atoms with Gasteiger partial charge in [0.25, 0.3) is 5.95 Å². The molecule has 1 N–H and O–H groups in total. The van der Waals surface area contributed by atoms with E-state index in [1.165, 1.54) is 5.56 Å². The van der Waals surface area contributed by atoms with Gasteiger partial charge < -0.3 is 5.32 Å². The molecule has 0 aliphatic heterocycles. The van der Waals surface area contributed by atoms with E-state index >= 15 is 0 Å². The predicted molar refractivity (Wildman–Crippen MR) is 70.6 cm³/mol. The predicted octanol–water partition coefficient (Wildman–Crippen LogP) is 1.78. The molecular formula is C13H19N5. The normalized spacial score (nSPS) is 11.2. The summed E-state index contributed by atoms with van der Waals surface area (Å²) in [6, 6.07) is 2.26. The minimum Gasteiger partial charge on any atom is -0.310 e. The van der Waals surface area contributed by atoms with Crippen LogP contribution in [-0.2, 0) is 6.54 Å². The molecule has 2 aromatic rings. The number of nitrogens with one attached hydrogen (secondary N) is 1. The molecule has 5 nitrogen and oxygen atoms in total. The lowest BCUT2D eigenvalue weighted by Crippen LogP contribution is -2.22. The van der Waals surface area contributed by atoms with E-state index in [9.17, 15) is 0 Å². The number of nitrogens with zero attached hydrogens (tertiary/aromatic N) is 4. The van der Waals surface area contributed by atoms with Crippen molar-refractivity contribution >= 4 is 0 Å². The third-order valence-electron chi connectivity index (χ3n) is 2.87. The van der Waals surface area contributed by atoms with Gasteiger partial charge in [-0.25, -0.2) is 14.6 Å². The molecule has 2 aromatic heterocycles. The monoisotopic (exact) mass is 245 g/mol. The fourth-order valence-corrected chi connectivity index (χ4v) is 1.83. The molecule has 0 aliphatic rings. The zero-order valence-electron chi connectivity index (χ0n) is 11.3. The van der Waals surface area contributed by atoms with Crippen LogP contribution in [0.3, 0.4) is 0 Å². The minimum absolute atomic E-state index is 0.458. The Hall–Kier alpha value is -1.75. The average molecular weight is 245 g/mol. The zero-order chi connectivity index (χ0) is 13.1. The van der Waals surface area contributed by atoms with E-state index < -0.39 is 0 Å². The van der Waals surface area contributed by atoms with Crippen molar-refractivity contribution in [1.82, 2.24) is 25.1 Å². The summed E-state index contributed by atoms with van der Waals surface area (Å²) in [5, 5.41) is 7.92. The molecule has 0 atom stereocenters. The van der Waals surface area contributed by atoms with Crippen LogP contribution in [0.15, 0.2) is 18.5 Å². The number of hydrogen-bond donors (Lipinski definition) is 1. The molecule has 0 unspecified atom stereocenters. The molecule has 18 heavy (non-hydrogen) atoms. The molecule has 5 heteroatoms. The first kappa shape index (κ1) is 12.7. The third-order valence-corrected chi connectivity index (χ3v) is 2.87. The van der Waals surface area contributed by atoms with E-state index in [2.05, 4.69) is 34.2 Å². The smallest absolute Gasteiger partial charge is 0.250 e. The molecule has 0 aliphatic carbocycles. The van der Waals surface area contributed by atoms with Crippen LogP contribution in [-0.4, -0.2) is 25.8 Å². The zero-order valence-corrected chi connectivity index (χ0v) is 11.3. The third kappa shape index (κ3) is 2.56. The second-order valence-electron chi connectivity index (χ2n) is 4.65. The fourth-order valence-electron chi connectivity index (χ4n) is 1.83. The van der Waals surface area contributed by atoms with Crippen LogP contribution in [0.5, 0.6) is 0 Å². The van der Waals surface area contributed by atoms with Crippen LogP contribution >= 0.6 is 0 Å². The molecule has 0 spiro atoms. The van der Waals surface area contributed by atoms with Crippen molar-refractivity contribution in [1.29, 1.82) is 0 Å². The van der Waals surface area contributed by atoms with Crippen molar-refractivity contribution in [3.05, 3.63) is 35.4 Å². The SMILES string of the molecule is Cc1nn(-c2ncccn2)c(C)c1CNC(C)C. The highest BCUT2D eigenvalue weighted by Crippen LogP contribution is 2.15. The number of rotatable bonds is 4. The lowest BCUT2D eigenvalue weighted by molar-refractivity contribution is 0.586. The molecule has 96 valence electrons. The van der Waals surface area contributed by atoms with Crippen molar-refractivity contribution in [2.45, 2.75) is 40.3 Å². The van der Waals surface area contributed by atoms with Crippen LogP contribution in [0, 0.1) is 13.8 Å². The molecule has 0 aromatic carbocycles. The standard InChI is InChI=1S/C13H19N5/c1-9(2)16-8-12-10(3)17-18(11(12)4)13-14-6-5-7-15-13/h5-7,9,16H,8H2,1-4H3. The molecule has 0 bridgehead atoms. The Labute approximate surface area is 107 Å². The van der Waals surface area contributed by atoms with Gasteiger partial charge in [0.15, 0.2) is 0 Å². The maximum atomic E-state index is 4.51. The van der Waals surface area contributed by atoms with Crippen LogP contribution in [0.4, 0.5) is 0 Å². The van der Waals surface area contributed by atoms with Gasteiger partial charge in [0.05, 0.1) is 5.69 Å². The fraction of sp³-hybridized carbons (Fsp3) is 0.462. The Balaban J connectivity index is 2.32. The van der Waals surface area contributed by atoms with Crippen LogP contribution in [0.25, 0.3) is 5.95 Å². The van der Waals surface area contributed by atoms with Crippen molar-refractivity contribution in [3.63, 3.8) is 0 Å². The van der Waals surface area contributed by atoms with E-state index in [-0.39, 0.29) is 0 Å². The Morgan fingerprint density at radius 2 is 1.89 bits per heavy atom. The number of hydrogen-bond acceptors (Lipinski definition) is 4. The van der Waals surface area contributed by atoms with Crippen molar-refractivity contribution in [2.75, 3.05) is 0 Å². The second kappa shape index (κ2) is 5.27. The van der Waals surface area contributed by atoms with Gasteiger partial charge in [0.2, 0.25) is 0 Å². The van der Waals surface area contributed by atoms with Gasteiger partial charge in [-0.3, -0.25) is 0 Å². The van der Waals surface area contributed by atoms with Crippen molar-refractivity contribution in [2.24, 2.45) is 0 Å². The van der Waals surface area contributed by atoms with Crippen LogP contribution in [0.1, 0.15) is 30.8 Å². The summed E-state index contributed by atoms with van der Waals surface area (Å²) < 4.78 is 1.80. The van der Waals surface area contributed by atoms with E-state index in [4.69, 9.17) is 0 Å². The summed E-state index contributed by atoms with van der Waals surface area (Å²) >= 11 is 0. The van der Waals surface area contributed by atoms with Crippen molar-refractivity contribution in [3.8, 4) is 5.95 Å². The van der Waals surface area contributed by atoms with E-state index in [0.29, 0.717) is 12.0 Å². The highest BCUT2D eigenvalue weighted by atomic mass is 15.4. The van der Waals surface area contributed by atoms with Crippen LogP contribution in [0.2, 0.25) is 0 Å². The molecule has 2 heterocycles. The first-order valence-electron chi connectivity index (χ1n) is 6.15. The number of aromatic nitrogens is 4. The van der Waals surface area contributed by atoms with E-state index in [0.717, 1.165) is 17.9 Å². The maximum Gasteiger partial charge on any atom is 0.250 e. The molecule has 0 radical (unpaired) electrons. The summed E-state index contributed by atoms with van der Waals surface area (Å²) in [4.78, 5) is 8.46. The summed E-state index contributed by atoms with van der Waals surface area (Å²) in [6.45, 7) is 9.16. The van der Waals surface area contributed by atoms with Crippen molar-refractivity contribution < 1.29 is 0 Å². The Morgan fingerprint density at radius 3 is 2.50 bits per heavy atom. The summed E-state index contributed by atoms with van der Waals surface area (Å²) in [7, 11) is 0. The first-order valence-corrected chi connectivity index (χ1v) is 6.15. The van der Waals surface area contributed by atoms with Crippen LogP contribution < -0.4 is 5.32 Å². The second-order valence-corrected chi connectivity index (χ2v) is 4.65. The van der Waals surface area contributed by atoms with E-state index in [1.807, 2.05) is 13.8 Å². The molecule has 0 fully saturated rings. The highest BCUT2D eigenvalue weighted by molar-refractivity contribution is 5.29. The quantitative estimate of drug-likeness (QED) is 0.892. The molecule has 0 saturated heterocycles. The lowest BCUT2D eigenvalue weighted by Gasteiger charge is -2.08. The van der Waals surface area contributed by atoms with Gasteiger partial charge in [-0.05, 0) is 19.9 Å². The van der Waals surface area contributed by atoms with Gasteiger partial charge >= 0.3 is 0 Å². The molecular weight excluding hydrogens is 226 g/mol. The average Bonchev–Trinajstić information content (AvgIpc) is 2.63. The first-order chi connectivity index (χ1) is 8.59. The van der Waals surface area contributed by atoms with Gasteiger partial charge in [-0.1, -0.05) is 13.8 Å². The summed E-state index contributed by atoms with van der Waals surface area (Å²) in [5.74, 6) is 0.619. The Bertz CT molecular complexity index is 516. The summed E-state index contributed by atoms with van der Waals surface area (Å²) in [5.41, 5.74) is 3.33. The topological polar surface area (TPSA) is 55.6 Å². The van der Waals surface area contributed by atoms with Gasteiger partial charge in [0, 0.05) is 36.2 Å². The molecule has 0 amide bonds. The largest absolute Gasteiger partial charge is 0.310 e. The molecule has 2 rings (SSSR count). The Kier molecular flexibility index (Phi) is 3.72. The lowest BCUT2D eigenvalue weighted by atomic mass is 10.2.